The van der Waals surface area contributed by atoms with Crippen LogP contribution < -0.4 is 10.9 Å². The molecule has 3 heterocycles. The number of hydrogen-bond acceptors (Lipinski definition) is 4. The second kappa shape index (κ2) is 6.72. The van der Waals surface area contributed by atoms with E-state index in [9.17, 15) is 9.59 Å². The molecule has 0 spiro atoms. The number of piperazine rings is 1. The summed E-state index contributed by atoms with van der Waals surface area (Å²) in [6.07, 6.45) is 1.40. The zero-order valence-electron chi connectivity index (χ0n) is 14.6. The molecule has 1 aliphatic heterocycles. The first-order valence-corrected chi connectivity index (χ1v) is 8.70. The van der Waals surface area contributed by atoms with Crippen LogP contribution in [0.3, 0.4) is 0 Å². The monoisotopic (exact) mass is 348 g/mol. The third-order valence-electron chi connectivity index (χ3n) is 4.82. The average molecular weight is 348 g/mol. The predicted octanol–water partition coefficient (Wildman–Crippen LogP) is 1.79. The molecule has 0 radical (unpaired) electrons. The summed E-state index contributed by atoms with van der Waals surface area (Å²) in [5.41, 5.74) is 2.25. The fraction of sp³-hybridized carbons (Fsp3) is 0.250. The van der Waals surface area contributed by atoms with Gasteiger partial charge in [-0.15, -0.1) is 0 Å². The van der Waals surface area contributed by atoms with Gasteiger partial charge in [-0.1, -0.05) is 36.4 Å². The Morgan fingerprint density at radius 3 is 2.77 bits per heavy atom. The molecule has 0 unspecified atom stereocenters. The largest absolute Gasteiger partial charge is 0.335 e. The molecule has 1 aromatic carbocycles. The summed E-state index contributed by atoms with van der Waals surface area (Å²) in [5.74, 6) is -0.261. The zero-order chi connectivity index (χ0) is 18.1. The molecule has 4 rings (SSSR count). The molecule has 1 N–H and O–H groups in total. The van der Waals surface area contributed by atoms with Crippen LogP contribution in [0.5, 0.6) is 0 Å². The van der Waals surface area contributed by atoms with Crippen LogP contribution in [0.4, 0.5) is 0 Å². The molecule has 2 aromatic heterocycles. The van der Waals surface area contributed by atoms with Crippen molar-refractivity contribution in [1.29, 1.82) is 0 Å². The summed E-state index contributed by atoms with van der Waals surface area (Å²) in [4.78, 5) is 31.9. The van der Waals surface area contributed by atoms with Crippen LogP contribution in [-0.2, 0) is 0 Å². The number of benzene rings is 1. The molecular formula is C20H20N4O2. The maximum absolute atomic E-state index is 13.0. The highest BCUT2D eigenvalue weighted by Crippen LogP contribution is 2.18. The molecule has 1 amide bonds. The first-order valence-electron chi connectivity index (χ1n) is 8.70. The van der Waals surface area contributed by atoms with E-state index in [2.05, 4.69) is 10.3 Å². The van der Waals surface area contributed by atoms with Crippen molar-refractivity contribution in [2.45, 2.75) is 13.0 Å². The Morgan fingerprint density at radius 1 is 1.15 bits per heavy atom. The lowest BCUT2D eigenvalue weighted by Gasteiger charge is -2.34. The molecular weight excluding hydrogens is 328 g/mol. The predicted molar refractivity (Wildman–Crippen MR) is 99.3 cm³/mol. The van der Waals surface area contributed by atoms with Crippen molar-refractivity contribution in [2.24, 2.45) is 0 Å². The van der Waals surface area contributed by atoms with Crippen LogP contribution in [0.1, 0.15) is 27.7 Å². The van der Waals surface area contributed by atoms with Crippen LogP contribution in [0, 0.1) is 6.92 Å². The van der Waals surface area contributed by atoms with Gasteiger partial charge >= 0.3 is 0 Å². The third-order valence-corrected chi connectivity index (χ3v) is 4.82. The van der Waals surface area contributed by atoms with Gasteiger partial charge in [0.05, 0.1) is 0 Å². The summed E-state index contributed by atoms with van der Waals surface area (Å²) in [6.45, 7) is 3.62. The molecule has 1 atom stereocenters. The number of aromatic nitrogens is 2. The maximum Gasteiger partial charge on any atom is 0.270 e. The van der Waals surface area contributed by atoms with Crippen molar-refractivity contribution >= 4 is 11.6 Å². The summed E-state index contributed by atoms with van der Waals surface area (Å²) >= 11 is 0. The molecule has 3 aromatic rings. The minimum Gasteiger partial charge on any atom is -0.335 e. The number of hydrogen-bond donors (Lipinski definition) is 1. The van der Waals surface area contributed by atoms with E-state index in [1.807, 2.05) is 49.4 Å². The van der Waals surface area contributed by atoms with Gasteiger partial charge in [-0.05, 0) is 24.6 Å². The first-order chi connectivity index (χ1) is 12.6. The summed E-state index contributed by atoms with van der Waals surface area (Å²) in [5, 5.41) is 3.43. The Kier molecular flexibility index (Phi) is 4.26. The molecule has 1 aliphatic rings. The van der Waals surface area contributed by atoms with E-state index >= 15 is 0 Å². The van der Waals surface area contributed by atoms with Crippen molar-refractivity contribution in [1.82, 2.24) is 19.6 Å². The molecule has 0 aliphatic carbocycles. The van der Waals surface area contributed by atoms with Crippen molar-refractivity contribution in [3.05, 3.63) is 81.9 Å². The van der Waals surface area contributed by atoms with Gasteiger partial charge in [-0.25, -0.2) is 4.98 Å². The Hall–Kier alpha value is -2.99. The van der Waals surface area contributed by atoms with Gasteiger partial charge in [0, 0.05) is 37.6 Å². The second-order valence-electron chi connectivity index (χ2n) is 6.51. The number of amides is 1. The number of carbonyl (C=O) groups excluding carboxylic acids is 1. The molecule has 6 heteroatoms. The molecule has 1 saturated heterocycles. The lowest BCUT2D eigenvalue weighted by Crippen LogP contribution is -2.49. The topological polar surface area (TPSA) is 66.7 Å². The van der Waals surface area contributed by atoms with Crippen LogP contribution in [0.2, 0.25) is 0 Å². The second-order valence-corrected chi connectivity index (χ2v) is 6.51. The standard InChI is InChI=1S/C20H20N4O2/c1-14-6-5-9-18-22-12-16(20(26)24(14)18)19(25)23-11-10-21-17(13-23)15-7-3-2-4-8-15/h2-9,12,17,21H,10-11,13H2,1H3/t17-/m1/s1. The number of nitrogens with one attached hydrogen (secondary N) is 1. The highest BCUT2D eigenvalue weighted by molar-refractivity contribution is 5.94. The van der Waals surface area contributed by atoms with Gasteiger partial charge in [0.1, 0.15) is 11.2 Å². The van der Waals surface area contributed by atoms with E-state index in [1.54, 1.807) is 11.0 Å². The first kappa shape index (κ1) is 16.5. The van der Waals surface area contributed by atoms with Crippen LogP contribution >= 0.6 is 0 Å². The van der Waals surface area contributed by atoms with Gasteiger partial charge < -0.3 is 10.2 Å². The highest BCUT2D eigenvalue weighted by Gasteiger charge is 2.27. The smallest absolute Gasteiger partial charge is 0.270 e. The van der Waals surface area contributed by atoms with Crippen molar-refractivity contribution in [3.8, 4) is 0 Å². The number of aryl methyl sites for hydroxylation is 1. The van der Waals surface area contributed by atoms with Gasteiger partial charge in [0.25, 0.3) is 11.5 Å². The van der Waals surface area contributed by atoms with E-state index in [0.717, 1.165) is 11.3 Å². The third kappa shape index (κ3) is 2.88. The van der Waals surface area contributed by atoms with Crippen LogP contribution in [0.15, 0.2) is 59.5 Å². The molecule has 132 valence electrons. The SMILES string of the molecule is Cc1cccc2ncc(C(=O)N3CCN[C@@H](c4ccccc4)C3)c(=O)n12. The van der Waals surface area contributed by atoms with Crippen LogP contribution in [0.25, 0.3) is 5.65 Å². The number of carbonyl (C=O) groups is 1. The number of rotatable bonds is 2. The molecule has 26 heavy (non-hydrogen) atoms. The summed E-state index contributed by atoms with van der Waals surface area (Å²) < 4.78 is 1.49. The Morgan fingerprint density at radius 2 is 1.96 bits per heavy atom. The lowest BCUT2D eigenvalue weighted by molar-refractivity contribution is 0.0700. The molecule has 0 saturated carbocycles. The lowest BCUT2D eigenvalue weighted by atomic mass is 10.0. The minimum absolute atomic E-state index is 0.0619. The number of pyridine rings is 1. The van der Waals surface area contributed by atoms with Crippen LogP contribution in [-0.4, -0.2) is 39.8 Å². The fourth-order valence-corrected chi connectivity index (χ4v) is 3.43. The Balaban J connectivity index is 1.65. The van der Waals surface area contributed by atoms with Gasteiger partial charge in [0.15, 0.2) is 0 Å². The van der Waals surface area contributed by atoms with Gasteiger partial charge in [-0.3, -0.25) is 14.0 Å². The van der Waals surface area contributed by atoms with Crippen molar-refractivity contribution < 1.29 is 4.79 Å². The van der Waals surface area contributed by atoms with Gasteiger partial charge in [0.2, 0.25) is 0 Å². The normalized spacial score (nSPS) is 17.4. The molecule has 0 bridgehead atoms. The summed E-state index contributed by atoms with van der Waals surface area (Å²) in [6, 6.07) is 15.5. The van der Waals surface area contributed by atoms with E-state index in [0.29, 0.717) is 25.3 Å². The average Bonchev–Trinajstić information content (AvgIpc) is 2.69. The van der Waals surface area contributed by atoms with E-state index in [-0.39, 0.29) is 23.1 Å². The minimum atomic E-state index is -0.312. The summed E-state index contributed by atoms with van der Waals surface area (Å²) in [7, 11) is 0. The molecule has 6 nitrogen and oxygen atoms in total. The van der Waals surface area contributed by atoms with Gasteiger partial charge in [-0.2, -0.15) is 0 Å². The number of nitrogens with zero attached hydrogens (tertiary/aromatic N) is 3. The van der Waals surface area contributed by atoms with E-state index in [4.69, 9.17) is 0 Å². The van der Waals surface area contributed by atoms with Crippen molar-refractivity contribution in [2.75, 3.05) is 19.6 Å². The Labute approximate surface area is 151 Å². The number of fused-ring (bicyclic) bond motifs is 1. The fourth-order valence-electron chi connectivity index (χ4n) is 3.43. The van der Waals surface area contributed by atoms with E-state index < -0.39 is 0 Å². The Bertz CT molecular complexity index is 1010. The molecule has 1 fully saturated rings. The zero-order valence-corrected chi connectivity index (χ0v) is 14.6. The highest BCUT2D eigenvalue weighted by atomic mass is 16.2. The van der Waals surface area contributed by atoms with Crippen molar-refractivity contribution in [3.63, 3.8) is 0 Å². The maximum atomic E-state index is 13.0. The van der Waals surface area contributed by atoms with E-state index in [1.165, 1.54) is 10.6 Å². The quantitative estimate of drug-likeness (QED) is 0.767.